The van der Waals surface area contributed by atoms with Crippen LogP contribution in [0.2, 0.25) is 0 Å². The van der Waals surface area contributed by atoms with Crippen LogP contribution in [-0.4, -0.2) is 44.5 Å². The van der Waals surface area contributed by atoms with Gasteiger partial charge in [-0.05, 0) is 62.5 Å². The van der Waals surface area contributed by atoms with Crippen molar-refractivity contribution in [2.45, 2.75) is 36.8 Å². The Morgan fingerprint density at radius 1 is 1.15 bits per heavy atom. The van der Waals surface area contributed by atoms with E-state index < -0.39 is 34.2 Å². The zero-order valence-corrected chi connectivity index (χ0v) is 14.7. The molecule has 0 aromatic heterocycles. The fourth-order valence-corrected chi connectivity index (χ4v) is 3.85. The molecule has 1 aliphatic heterocycles. The maximum absolute atomic E-state index is 12.7. The third-order valence-corrected chi connectivity index (χ3v) is 5.54. The molecule has 2 N–H and O–H groups in total. The van der Waals surface area contributed by atoms with E-state index in [1.807, 2.05) is 0 Å². The molecule has 1 aliphatic rings. The Bertz CT molecular complexity index is 668. The largest absolute Gasteiger partial charge is 0.481 e. The third kappa shape index (κ3) is 9.14. The van der Waals surface area contributed by atoms with E-state index in [-0.39, 0.29) is 10.6 Å². The van der Waals surface area contributed by atoms with Gasteiger partial charge in [0.1, 0.15) is 12.2 Å². The van der Waals surface area contributed by atoms with Crippen molar-refractivity contribution in [1.29, 1.82) is 0 Å². The fourth-order valence-electron chi connectivity index (χ4n) is 2.42. The summed E-state index contributed by atoms with van der Waals surface area (Å²) < 4.78 is 69.6. The molecule has 148 valence electrons. The van der Waals surface area contributed by atoms with Crippen LogP contribution >= 0.6 is 0 Å². The molecule has 1 aromatic rings. The molecule has 26 heavy (non-hydrogen) atoms. The molecule has 0 atom stereocenters. The highest BCUT2D eigenvalue weighted by Gasteiger charge is 2.30. The van der Waals surface area contributed by atoms with E-state index >= 15 is 0 Å². The molecule has 2 rings (SSSR count). The average Bonchev–Trinajstić information content (AvgIpc) is 2.53. The number of carbonyl (C=O) groups is 1. The van der Waals surface area contributed by atoms with Gasteiger partial charge in [0.05, 0.1) is 10.6 Å². The van der Waals surface area contributed by atoms with Crippen LogP contribution < -0.4 is 5.32 Å². The van der Waals surface area contributed by atoms with Crippen LogP contribution in [0.3, 0.4) is 0 Å². The van der Waals surface area contributed by atoms with Gasteiger partial charge >= 0.3 is 12.1 Å². The normalized spacial score (nSPS) is 15.8. The maximum Gasteiger partial charge on any atom is 0.399 e. The lowest BCUT2D eigenvalue weighted by Crippen LogP contribution is -2.28. The highest BCUT2D eigenvalue weighted by Crippen LogP contribution is 2.20. The second-order valence-corrected chi connectivity index (χ2v) is 8.05. The molecule has 0 saturated carbocycles. The SMILES string of the molecule is O=C(O)CC(F)(F)F.O=S(=O)(CCC1CCNCC1)c1ccc(F)cc1. The number of piperidine rings is 1. The Labute approximate surface area is 149 Å². The van der Waals surface area contributed by atoms with Gasteiger partial charge in [-0.2, -0.15) is 13.2 Å². The summed E-state index contributed by atoms with van der Waals surface area (Å²) in [4.78, 5) is 9.52. The van der Waals surface area contributed by atoms with Crippen LogP contribution in [0.15, 0.2) is 29.2 Å². The third-order valence-electron chi connectivity index (χ3n) is 3.78. The van der Waals surface area contributed by atoms with Gasteiger partial charge in [-0.15, -0.1) is 0 Å². The van der Waals surface area contributed by atoms with Crippen molar-refractivity contribution in [2.24, 2.45) is 5.92 Å². The van der Waals surface area contributed by atoms with Gasteiger partial charge in [0.15, 0.2) is 9.84 Å². The zero-order chi connectivity index (χ0) is 19.8. The lowest BCUT2D eigenvalue weighted by Gasteiger charge is -2.22. The number of benzene rings is 1. The molecule has 1 aromatic carbocycles. The standard InChI is InChI=1S/C13H18FNO2S.C3H3F3O2/c14-12-1-3-13(4-2-12)18(16,17)10-7-11-5-8-15-9-6-11;4-3(5,6)1-2(7)8/h1-4,11,15H,5-10H2;1H2,(H,7,8). The average molecular weight is 399 g/mol. The smallest absolute Gasteiger partial charge is 0.399 e. The first kappa shape index (κ1) is 22.4. The summed E-state index contributed by atoms with van der Waals surface area (Å²) in [6, 6.07) is 5.06. The minimum atomic E-state index is -4.58. The van der Waals surface area contributed by atoms with Crippen molar-refractivity contribution < 1.29 is 35.9 Å². The van der Waals surface area contributed by atoms with Gasteiger partial charge in [-0.25, -0.2) is 12.8 Å². The number of alkyl halides is 3. The second-order valence-electron chi connectivity index (χ2n) is 5.94. The number of sulfone groups is 1. The Morgan fingerprint density at radius 2 is 1.69 bits per heavy atom. The van der Waals surface area contributed by atoms with Gasteiger partial charge in [-0.3, -0.25) is 4.79 Å². The molecule has 0 unspecified atom stereocenters. The number of rotatable bonds is 5. The second kappa shape index (κ2) is 9.86. The molecule has 0 radical (unpaired) electrons. The Kier molecular flexibility index (Phi) is 8.48. The summed E-state index contributed by atoms with van der Waals surface area (Å²) in [7, 11) is -3.26. The molecule has 0 bridgehead atoms. The van der Waals surface area contributed by atoms with Gasteiger partial charge in [0.2, 0.25) is 0 Å². The molecule has 1 heterocycles. The van der Waals surface area contributed by atoms with Crippen molar-refractivity contribution in [1.82, 2.24) is 5.32 Å². The van der Waals surface area contributed by atoms with Crippen molar-refractivity contribution >= 4 is 15.8 Å². The van der Waals surface area contributed by atoms with Crippen LogP contribution in [0.25, 0.3) is 0 Å². The van der Waals surface area contributed by atoms with Crippen molar-refractivity contribution in [3.8, 4) is 0 Å². The van der Waals surface area contributed by atoms with Crippen LogP contribution in [-0.2, 0) is 14.6 Å². The molecule has 0 aliphatic carbocycles. The molecule has 0 spiro atoms. The molecule has 0 amide bonds. The number of aliphatic carboxylic acids is 1. The number of halogens is 4. The zero-order valence-electron chi connectivity index (χ0n) is 13.9. The lowest BCUT2D eigenvalue weighted by atomic mass is 9.96. The summed E-state index contributed by atoms with van der Waals surface area (Å²) >= 11 is 0. The maximum atomic E-state index is 12.7. The Morgan fingerprint density at radius 3 is 2.12 bits per heavy atom. The van der Waals surface area contributed by atoms with Crippen LogP contribution in [0.5, 0.6) is 0 Å². The number of hydrogen-bond donors (Lipinski definition) is 2. The topological polar surface area (TPSA) is 83.5 Å². The minimum Gasteiger partial charge on any atom is -0.481 e. The lowest BCUT2D eigenvalue weighted by molar-refractivity contribution is -0.166. The fraction of sp³-hybridized carbons (Fsp3) is 0.562. The molecular formula is C16H21F4NO4S. The molecule has 10 heteroatoms. The Balaban J connectivity index is 0.000000359. The number of nitrogens with one attached hydrogen (secondary N) is 1. The van der Waals surface area contributed by atoms with E-state index in [0.717, 1.165) is 25.9 Å². The van der Waals surface area contributed by atoms with E-state index in [1.54, 1.807) is 0 Å². The number of hydrogen-bond acceptors (Lipinski definition) is 4. The van der Waals surface area contributed by atoms with Crippen molar-refractivity contribution in [2.75, 3.05) is 18.8 Å². The van der Waals surface area contributed by atoms with Crippen LogP contribution in [0.4, 0.5) is 17.6 Å². The van der Waals surface area contributed by atoms with Crippen molar-refractivity contribution in [3.05, 3.63) is 30.1 Å². The molecular weight excluding hydrogens is 378 g/mol. The van der Waals surface area contributed by atoms with E-state index in [9.17, 15) is 30.8 Å². The number of carboxylic acids is 1. The summed E-state index contributed by atoms with van der Waals surface area (Å²) in [6.45, 7) is 1.95. The van der Waals surface area contributed by atoms with E-state index in [1.165, 1.54) is 24.3 Å². The first-order valence-electron chi connectivity index (χ1n) is 7.97. The van der Waals surface area contributed by atoms with E-state index in [0.29, 0.717) is 12.3 Å². The summed E-state index contributed by atoms with van der Waals surface area (Å²) in [5, 5.41) is 10.8. The van der Waals surface area contributed by atoms with Gasteiger partial charge in [0.25, 0.3) is 0 Å². The quantitative estimate of drug-likeness (QED) is 0.588. The van der Waals surface area contributed by atoms with E-state index in [4.69, 9.17) is 5.11 Å². The monoisotopic (exact) mass is 399 g/mol. The molecule has 5 nitrogen and oxygen atoms in total. The predicted molar refractivity (Wildman–Crippen MR) is 87.0 cm³/mol. The predicted octanol–water partition coefficient (Wildman–Crippen LogP) is 3.01. The van der Waals surface area contributed by atoms with E-state index in [2.05, 4.69) is 5.32 Å². The summed E-state index contributed by atoms with van der Waals surface area (Å²) in [6.07, 6.45) is -3.56. The molecule has 1 fully saturated rings. The highest BCUT2D eigenvalue weighted by atomic mass is 32.2. The highest BCUT2D eigenvalue weighted by molar-refractivity contribution is 7.91. The summed E-state index contributed by atoms with van der Waals surface area (Å²) in [5.41, 5.74) is 0. The first-order chi connectivity index (χ1) is 12.0. The summed E-state index contributed by atoms with van der Waals surface area (Å²) in [5.74, 6) is -1.62. The Hall–Kier alpha value is -1.68. The van der Waals surface area contributed by atoms with Crippen LogP contribution in [0.1, 0.15) is 25.7 Å². The van der Waals surface area contributed by atoms with Gasteiger partial charge in [-0.1, -0.05) is 0 Å². The van der Waals surface area contributed by atoms with Gasteiger partial charge < -0.3 is 10.4 Å². The minimum absolute atomic E-state index is 0.156. The van der Waals surface area contributed by atoms with Crippen molar-refractivity contribution in [3.63, 3.8) is 0 Å². The first-order valence-corrected chi connectivity index (χ1v) is 9.62. The number of carboxylic acid groups (broad SMARTS) is 1. The van der Waals surface area contributed by atoms with Gasteiger partial charge in [0, 0.05) is 0 Å². The van der Waals surface area contributed by atoms with Crippen LogP contribution in [0, 0.1) is 11.7 Å². The molecule has 1 saturated heterocycles.